The SMILES string of the molecule is Cc1cc(C)cc(C(C)Nc2cc(C)cnc2Cl)c1. The number of hydrogen-bond acceptors (Lipinski definition) is 2. The maximum atomic E-state index is 6.12. The predicted octanol–water partition coefficient (Wildman–Crippen LogP) is 4.83. The topological polar surface area (TPSA) is 24.9 Å². The predicted molar refractivity (Wildman–Crippen MR) is 81.9 cm³/mol. The molecule has 0 bridgehead atoms. The van der Waals surface area contributed by atoms with Crippen molar-refractivity contribution >= 4 is 17.3 Å². The number of hydrogen-bond donors (Lipinski definition) is 1. The zero-order valence-corrected chi connectivity index (χ0v) is 12.5. The Balaban J connectivity index is 2.25. The average molecular weight is 275 g/mol. The van der Waals surface area contributed by atoms with Gasteiger partial charge >= 0.3 is 0 Å². The first-order valence-electron chi connectivity index (χ1n) is 6.42. The van der Waals surface area contributed by atoms with Gasteiger partial charge in [-0.25, -0.2) is 4.98 Å². The van der Waals surface area contributed by atoms with Crippen molar-refractivity contribution in [2.24, 2.45) is 0 Å². The molecule has 19 heavy (non-hydrogen) atoms. The van der Waals surface area contributed by atoms with Crippen LogP contribution in [0.15, 0.2) is 30.5 Å². The Hall–Kier alpha value is -1.54. The van der Waals surface area contributed by atoms with Crippen LogP contribution < -0.4 is 5.32 Å². The second kappa shape index (κ2) is 5.62. The van der Waals surface area contributed by atoms with Gasteiger partial charge in [-0.1, -0.05) is 40.9 Å². The third kappa shape index (κ3) is 3.48. The quantitative estimate of drug-likeness (QED) is 0.811. The summed E-state index contributed by atoms with van der Waals surface area (Å²) < 4.78 is 0. The van der Waals surface area contributed by atoms with Crippen LogP contribution in [0.25, 0.3) is 0 Å². The highest BCUT2D eigenvalue weighted by atomic mass is 35.5. The van der Waals surface area contributed by atoms with E-state index in [2.05, 4.69) is 49.3 Å². The van der Waals surface area contributed by atoms with E-state index in [0.29, 0.717) is 5.15 Å². The molecule has 0 aliphatic heterocycles. The highest BCUT2D eigenvalue weighted by Crippen LogP contribution is 2.26. The molecule has 1 aromatic heterocycles. The van der Waals surface area contributed by atoms with Crippen LogP contribution in [-0.2, 0) is 0 Å². The van der Waals surface area contributed by atoms with Gasteiger partial charge in [0.1, 0.15) is 0 Å². The van der Waals surface area contributed by atoms with Gasteiger partial charge in [0.25, 0.3) is 0 Å². The van der Waals surface area contributed by atoms with Gasteiger partial charge < -0.3 is 5.32 Å². The molecule has 2 aromatic rings. The Kier molecular flexibility index (Phi) is 4.11. The Morgan fingerprint density at radius 1 is 1.00 bits per heavy atom. The standard InChI is InChI=1S/C16H19ClN2/c1-10-5-11(2)7-14(6-10)13(4)19-15-8-12(3)9-18-16(15)17/h5-9,13,19H,1-4H3. The molecule has 100 valence electrons. The molecular formula is C16H19ClN2. The van der Waals surface area contributed by atoms with E-state index in [1.54, 1.807) is 6.20 Å². The largest absolute Gasteiger partial charge is 0.376 e. The number of anilines is 1. The van der Waals surface area contributed by atoms with Crippen molar-refractivity contribution in [3.8, 4) is 0 Å². The summed E-state index contributed by atoms with van der Waals surface area (Å²) in [4.78, 5) is 4.16. The summed E-state index contributed by atoms with van der Waals surface area (Å²) in [5.41, 5.74) is 5.79. The fourth-order valence-electron chi connectivity index (χ4n) is 2.23. The highest BCUT2D eigenvalue weighted by Gasteiger charge is 2.09. The summed E-state index contributed by atoms with van der Waals surface area (Å²) in [6.45, 7) is 8.37. The third-order valence-electron chi connectivity index (χ3n) is 3.09. The van der Waals surface area contributed by atoms with Crippen molar-refractivity contribution in [3.05, 3.63) is 57.9 Å². The number of halogens is 1. The van der Waals surface area contributed by atoms with E-state index in [1.165, 1.54) is 16.7 Å². The number of aryl methyl sites for hydroxylation is 3. The van der Waals surface area contributed by atoms with Gasteiger partial charge in [-0.2, -0.15) is 0 Å². The van der Waals surface area contributed by atoms with Crippen molar-refractivity contribution < 1.29 is 0 Å². The molecule has 1 N–H and O–H groups in total. The molecule has 0 saturated carbocycles. The average Bonchev–Trinajstić information content (AvgIpc) is 2.32. The van der Waals surface area contributed by atoms with Gasteiger partial charge in [0.2, 0.25) is 0 Å². The molecule has 2 rings (SSSR count). The molecule has 0 saturated heterocycles. The molecule has 0 aliphatic rings. The summed E-state index contributed by atoms with van der Waals surface area (Å²) >= 11 is 6.12. The number of rotatable bonds is 3. The lowest BCUT2D eigenvalue weighted by Crippen LogP contribution is -2.08. The first-order valence-corrected chi connectivity index (χ1v) is 6.80. The monoisotopic (exact) mass is 274 g/mol. The van der Waals surface area contributed by atoms with Crippen LogP contribution in [0.5, 0.6) is 0 Å². The van der Waals surface area contributed by atoms with Crippen molar-refractivity contribution in [1.82, 2.24) is 4.98 Å². The number of benzene rings is 1. The minimum absolute atomic E-state index is 0.194. The van der Waals surface area contributed by atoms with Crippen LogP contribution in [0.1, 0.15) is 35.2 Å². The maximum Gasteiger partial charge on any atom is 0.152 e. The van der Waals surface area contributed by atoms with Crippen LogP contribution >= 0.6 is 11.6 Å². The summed E-state index contributed by atoms with van der Waals surface area (Å²) in [5.74, 6) is 0. The normalized spacial score (nSPS) is 12.3. The van der Waals surface area contributed by atoms with E-state index >= 15 is 0 Å². The number of nitrogens with zero attached hydrogens (tertiary/aromatic N) is 1. The molecule has 3 heteroatoms. The van der Waals surface area contributed by atoms with Gasteiger partial charge in [0.15, 0.2) is 5.15 Å². The lowest BCUT2D eigenvalue weighted by molar-refractivity contribution is 0.878. The molecule has 0 spiro atoms. The smallest absolute Gasteiger partial charge is 0.152 e. The zero-order chi connectivity index (χ0) is 14.0. The van der Waals surface area contributed by atoms with Crippen LogP contribution in [0.4, 0.5) is 5.69 Å². The van der Waals surface area contributed by atoms with E-state index in [9.17, 15) is 0 Å². The number of nitrogens with one attached hydrogen (secondary N) is 1. The maximum absolute atomic E-state index is 6.12. The molecule has 0 amide bonds. The Labute approximate surface area is 119 Å². The molecular weight excluding hydrogens is 256 g/mol. The van der Waals surface area contributed by atoms with Crippen LogP contribution in [0, 0.1) is 20.8 Å². The molecule has 1 aromatic carbocycles. The number of pyridine rings is 1. The van der Waals surface area contributed by atoms with E-state index in [0.717, 1.165) is 11.3 Å². The Bertz CT molecular complexity index is 573. The zero-order valence-electron chi connectivity index (χ0n) is 11.8. The third-order valence-corrected chi connectivity index (χ3v) is 3.39. The van der Waals surface area contributed by atoms with Crippen LogP contribution in [0.2, 0.25) is 5.15 Å². The van der Waals surface area contributed by atoms with Gasteiger partial charge in [-0.05, 0) is 44.9 Å². The lowest BCUT2D eigenvalue weighted by atomic mass is 10.0. The number of aromatic nitrogens is 1. The molecule has 1 atom stereocenters. The molecule has 0 radical (unpaired) electrons. The van der Waals surface area contributed by atoms with Crippen LogP contribution in [-0.4, -0.2) is 4.98 Å². The molecule has 2 nitrogen and oxygen atoms in total. The fourth-order valence-corrected chi connectivity index (χ4v) is 2.39. The second-order valence-corrected chi connectivity index (χ2v) is 5.50. The van der Waals surface area contributed by atoms with E-state index in [1.807, 2.05) is 13.0 Å². The Morgan fingerprint density at radius 2 is 1.63 bits per heavy atom. The second-order valence-electron chi connectivity index (χ2n) is 5.14. The van der Waals surface area contributed by atoms with Crippen molar-refractivity contribution in [1.29, 1.82) is 0 Å². The van der Waals surface area contributed by atoms with Crippen molar-refractivity contribution in [2.45, 2.75) is 33.7 Å². The first kappa shape index (κ1) is 13.9. The van der Waals surface area contributed by atoms with Crippen molar-refractivity contribution in [3.63, 3.8) is 0 Å². The minimum atomic E-state index is 0.194. The van der Waals surface area contributed by atoms with E-state index in [4.69, 9.17) is 11.6 Å². The molecule has 0 fully saturated rings. The highest BCUT2D eigenvalue weighted by molar-refractivity contribution is 6.31. The van der Waals surface area contributed by atoms with E-state index in [-0.39, 0.29) is 6.04 Å². The fraction of sp³-hybridized carbons (Fsp3) is 0.312. The minimum Gasteiger partial charge on any atom is -0.376 e. The lowest BCUT2D eigenvalue weighted by Gasteiger charge is -2.18. The molecule has 1 unspecified atom stereocenters. The van der Waals surface area contributed by atoms with Crippen LogP contribution in [0.3, 0.4) is 0 Å². The summed E-state index contributed by atoms with van der Waals surface area (Å²) in [6.07, 6.45) is 1.77. The summed E-state index contributed by atoms with van der Waals surface area (Å²) in [5, 5.41) is 3.94. The summed E-state index contributed by atoms with van der Waals surface area (Å²) in [7, 11) is 0. The van der Waals surface area contributed by atoms with Gasteiger partial charge in [0.05, 0.1) is 5.69 Å². The molecule has 1 heterocycles. The van der Waals surface area contributed by atoms with Gasteiger partial charge in [-0.15, -0.1) is 0 Å². The Morgan fingerprint density at radius 3 is 2.26 bits per heavy atom. The first-order chi connectivity index (χ1) is 8.95. The molecule has 0 aliphatic carbocycles. The van der Waals surface area contributed by atoms with E-state index < -0.39 is 0 Å². The van der Waals surface area contributed by atoms with Gasteiger partial charge in [-0.3, -0.25) is 0 Å². The van der Waals surface area contributed by atoms with Gasteiger partial charge in [0, 0.05) is 12.2 Å². The summed E-state index contributed by atoms with van der Waals surface area (Å²) in [6, 6.07) is 8.79. The van der Waals surface area contributed by atoms with Crippen molar-refractivity contribution in [2.75, 3.05) is 5.32 Å².